The topological polar surface area (TPSA) is 26.0 Å². The van der Waals surface area contributed by atoms with Crippen molar-refractivity contribution in [3.8, 4) is 0 Å². The van der Waals surface area contributed by atoms with Gasteiger partial charge in [0.1, 0.15) is 0 Å². The van der Waals surface area contributed by atoms with Crippen molar-refractivity contribution in [1.29, 1.82) is 0 Å². The van der Waals surface area contributed by atoms with Crippen LogP contribution < -0.4 is 5.73 Å². The zero-order valence-corrected chi connectivity index (χ0v) is 14.1. The maximum absolute atomic E-state index is 6.23. The molecule has 1 fully saturated rings. The minimum atomic E-state index is 0.434. The first-order valence-corrected chi connectivity index (χ1v) is 9.57. The van der Waals surface area contributed by atoms with Crippen molar-refractivity contribution in [2.75, 3.05) is 6.54 Å². The van der Waals surface area contributed by atoms with Crippen LogP contribution >= 0.6 is 11.8 Å². The van der Waals surface area contributed by atoms with Crippen LogP contribution in [0.1, 0.15) is 57.4 Å². The second-order valence-electron chi connectivity index (χ2n) is 7.19. The number of benzene rings is 1. The van der Waals surface area contributed by atoms with E-state index in [1.165, 1.54) is 56.3 Å². The van der Waals surface area contributed by atoms with Crippen molar-refractivity contribution < 1.29 is 0 Å². The van der Waals surface area contributed by atoms with Crippen LogP contribution in [-0.4, -0.2) is 11.8 Å². The Morgan fingerprint density at radius 1 is 1.24 bits per heavy atom. The maximum Gasteiger partial charge on any atom is 0.0141 e. The first kappa shape index (κ1) is 15.4. The quantitative estimate of drug-likeness (QED) is 0.825. The molecule has 1 saturated carbocycles. The molecule has 1 aromatic rings. The van der Waals surface area contributed by atoms with Gasteiger partial charge in [-0.3, -0.25) is 0 Å². The number of fused-ring (bicyclic) bond motifs is 1. The molecule has 1 unspecified atom stereocenters. The van der Waals surface area contributed by atoms with E-state index in [0.717, 1.165) is 17.7 Å². The fraction of sp³-hybridized carbons (Fsp3) is 0.684. The van der Waals surface area contributed by atoms with Crippen molar-refractivity contribution in [2.24, 2.45) is 17.1 Å². The molecule has 0 radical (unpaired) electrons. The summed E-state index contributed by atoms with van der Waals surface area (Å²) in [4.78, 5) is 1.51. The average Bonchev–Trinajstić information content (AvgIpc) is 2.91. The van der Waals surface area contributed by atoms with Gasteiger partial charge in [-0.05, 0) is 68.0 Å². The van der Waals surface area contributed by atoms with Crippen LogP contribution in [0.2, 0.25) is 0 Å². The number of hydrogen-bond acceptors (Lipinski definition) is 2. The molecule has 0 aromatic heterocycles. The smallest absolute Gasteiger partial charge is 0.0141 e. The number of nitrogens with two attached hydrogens (primary N) is 1. The predicted molar refractivity (Wildman–Crippen MR) is 92.8 cm³/mol. The van der Waals surface area contributed by atoms with Crippen LogP contribution in [0.4, 0.5) is 0 Å². The lowest BCUT2D eigenvalue weighted by molar-refractivity contribution is 0.139. The summed E-state index contributed by atoms with van der Waals surface area (Å²) in [6, 6.07) is 8.93. The minimum Gasteiger partial charge on any atom is -0.330 e. The SMILES string of the molecule is CCCC1CCC(CN)(CC2Cc3ccccc3S2)CC1. The van der Waals surface area contributed by atoms with E-state index in [1.807, 2.05) is 0 Å². The van der Waals surface area contributed by atoms with E-state index >= 15 is 0 Å². The summed E-state index contributed by atoms with van der Waals surface area (Å²) in [5.41, 5.74) is 8.22. The molecule has 0 spiro atoms. The number of thioether (sulfide) groups is 1. The van der Waals surface area contributed by atoms with Crippen molar-refractivity contribution in [3.05, 3.63) is 29.8 Å². The Labute approximate surface area is 134 Å². The van der Waals surface area contributed by atoms with E-state index < -0.39 is 0 Å². The Balaban J connectivity index is 1.59. The molecule has 1 aliphatic carbocycles. The third-order valence-electron chi connectivity index (χ3n) is 5.67. The fourth-order valence-corrected chi connectivity index (χ4v) is 5.85. The van der Waals surface area contributed by atoms with Gasteiger partial charge in [-0.15, -0.1) is 11.8 Å². The summed E-state index contributed by atoms with van der Waals surface area (Å²) < 4.78 is 0. The predicted octanol–water partition coefficient (Wildman–Crippen LogP) is 5.03. The molecule has 0 amide bonds. The molecule has 116 valence electrons. The molecule has 0 saturated heterocycles. The highest BCUT2D eigenvalue weighted by Crippen LogP contribution is 2.48. The summed E-state index contributed by atoms with van der Waals surface area (Å²) in [5, 5.41) is 0.758. The zero-order chi connectivity index (χ0) is 14.7. The van der Waals surface area contributed by atoms with Crippen molar-refractivity contribution in [2.45, 2.75) is 68.4 Å². The van der Waals surface area contributed by atoms with E-state index in [9.17, 15) is 0 Å². The van der Waals surface area contributed by atoms with Gasteiger partial charge in [-0.1, -0.05) is 38.0 Å². The van der Waals surface area contributed by atoms with E-state index in [-0.39, 0.29) is 0 Å². The Morgan fingerprint density at radius 2 is 2.00 bits per heavy atom. The van der Waals surface area contributed by atoms with Gasteiger partial charge in [0.2, 0.25) is 0 Å². The number of hydrogen-bond donors (Lipinski definition) is 1. The molecule has 3 rings (SSSR count). The highest BCUT2D eigenvalue weighted by atomic mass is 32.2. The van der Waals surface area contributed by atoms with Gasteiger partial charge in [0.25, 0.3) is 0 Å². The van der Waals surface area contributed by atoms with Crippen molar-refractivity contribution in [1.82, 2.24) is 0 Å². The highest BCUT2D eigenvalue weighted by molar-refractivity contribution is 8.00. The van der Waals surface area contributed by atoms with Gasteiger partial charge >= 0.3 is 0 Å². The lowest BCUT2D eigenvalue weighted by Gasteiger charge is -2.41. The zero-order valence-electron chi connectivity index (χ0n) is 13.3. The molecule has 1 aliphatic heterocycles. The maximum atomic E-state index is 6.23. The van der Waals surface area contributed by atoms with Crippen LogP contribution in [0.5, 0.6) is 0 Å². The first-order chi connectivity index (χ1) is 10.2. The van der Waals surface area contributed by atoms with Gasteiger partial charge in [-0.2, -0.15) is 0 Å². The lowest BCUT2D eigenvalue weighted by atomic mass is 9.67. The van der Waals surface area contributed by atoms with Gasteiger partial charge in [0, 0.05) is 10.1 Å². The number of rotatable bonds is 5. The highest BCUT2D eigenvalue weighted by Gasteiger charge is 2.37. The molecule has 2 heteroatoms. The van der Waals surface area contributed by atoms with Gasteiger partial charge in [0.05, 0.1) is 0 Å². The fourth-order valence-electron chi connectivity index (χ4n) is 4.33. The van der Waals surface area contributed by atoms with Gasteiger partial charge in [0.15, 0.2) is 0 Å². The Kier molecular flexibility index (Phi) is 4.96. The Morgan fingerprint density at radius 3 is 2.67 bits per heavy atom. The summed E-state index contributed by atoms with van der Waals surface area (Å²) in [6.07, 6.45) is 10.9. The van der Waals surface area contributed by atoms with Gasteiger partial charge < -0.3 is 5.73 Å². The van der Waals surface area contributed by atoms with Crippen LogP contribution in [0.15, 0.2) is 29.2 Å². The summed E-state index contributed by atoms with van der Waals surface area (Å²) in [6.45, 7) is 3.20. The van der Waals surface area contributed by atoms with Crippen LogP contribution in [0, 0.1) is 11.3 Å². The minimum absolute atomic E-state index is 0.434. The molecule has 1 nitrogen and oxygen atoms in total. The molecule has 2 aliphatic rings. The average molecular weight is 304 g/mol. The van der Waals surface area contributed by atoms with Crippen LogP contribution in [-0.2, 0) is 6.42 Å². The van der Waals surface area contributed by atoms with Crippen LogP contribution in [0.25, 0.3) is 0 Å². The standard InChI is InChI=1S/C19H29NS/c1-2-5-15-8-10-19(14-20,11-9-15)13-17-12-16-6-3-4-7-18(16)21-17/h3-4,6-7,15,17H,2,5,8-14,20H2,1H3. The van der Waals surface area contributed by atoms with Crippen molar-refractivity contribution in [3.63, 3.8) is 0 Å². The Bertz CT molecular complexity index is 437. The second-order valence-corrected chi connectivity index (χ2v) is 8.53. The normalized spacial score (nSPS) is 32.1. The molecule has 1 atom stereocenters. The summed E-state index contributed by atoms with van der Waals surface area (Å²) >= 11 is 2.10. The second kappa shape index (κ2) is 6.75. The van der Waals surface area contributed by atoms with E-state index in [2.05, 4.69) is 43.0 Å². The van der Waals surface area contributed by atoms with E-state index in [1.54, 1.807) is 5.56 Å². The van der Waals surface area contributed by atoms with Crippen molar-refractivity contribution >= 4 is 11.8 Å². The summed E-state index contributed by atoms with van der Waals surface area (Å²) in [7, 11) is 0. The third kappa shape index (κ3) is 3.48. The molecule has 21 heavy (non-hydrogen) atoms. The van der Waals surface area contributed by atoms with Gasteiger partial charge in [-0.25, -0.2) is 0 Å². The van der Waals surface area contributed by atoms with Crippen LogP contribution in [0.3, 0.4) is 0 Å². The molecule has 1 heterocycles. The molecular weight excluding hydrogens is 274 g/mol. The molecule has 1 aromatic carbocycles. The summed E-state index contributed by atoms with van der Waals surface area (Å²) in [5.74, 6) is 0.975. The van der Waals surface area contributed by atoms with E-state index in [0.29, 0.717) is 5.41 Å². The largest absolute Gasteiger partial charge is 0.330 e. The van der Waals surface area contributed by atoms with E-state index in [4.69, 9.17) is 5.73 Å². The molecular formula is C19H29NS. The third-order valence-corrected chi connectivity index (χ3v) is 6.99. The first-order valence-electron chi connectivity index (χ1n) is 8.69. The Hall–Kier alpha value is -0.470. The molecule has 0 bridgehead atoms. The molecule has 2 N–H and O–H groups in total. The lowest BCUT2D eigenvalue weighted by Crippen LogP contribution is -2.37. The monoisotopic (exact) mass is 303 g/mol.